The number of halogens is 2. The number of piperidine rings is 1. The molecule has 166 valence electrons. The van der Waals surface area contributed by atoms with Gasteiger partial charge in [-0.1, -0.05) is 26.0 Å². The molecule has 7 heteroatoms. The van der Waals surface area contributed by atoms with Crippen LogP contribution in [0.3, 0.4) is 0 Å². The summed E-state index contributed by atoms with van der Waals surface area (Å²) in [6.45, 7) is 6.88. The van der Waals surface area contributed by atoms with Crippen molar-refractivity contribution in [2.75, 3.05) is 26.7 Å². The van der Waals surface area contributed by atoms with Crippen molar-refractivity contribution in [2.24, 2.45) is 5.92 Å². The number of amides is 1. The summed E-state index contributed by atoms with van der Waals surface area (Å²) in [6.07, 6.45) is 5.53. The minimum absolute atomic E-state index is 0. The minimum Gasteiger partial charge on any atom is -0.497 e. The van der Waals surface area contributed by atoms with Gasteiger partial charge in [0.05, 0.1) is 13.2 Å². The molecule has 0 aliphatic carbocycles. The van der Waals surface area contributed by atoms with Gasteiger partial charge in [-0.15, -0.1) is 24.8 Å². The largest absolute Gasteiger partial charge is 0.497 e. The molecule has 1 aromatic rings. The lowest BCUT2D eigenvalue weighted by atomic mass is 9.89. The molecule has 0 saturated carbocycles. The van der Waals surface area contributed by atoms with Crippen LogP contribution in [0, 0.1) is 5.92 Å². The second-order valence-electron chi connectivity index (χ2n) is 8.00. The highest BCUT2D eigenvalue weighted by atomic mass is 35.5. The lowest BCUT2D eigenvalue weighted by Gasteiger charge is -2.31. The maximum Gasteiger partial charge on any atom is 0.220 e. The summed E-state index contributed by atoms with van der Waals surface area (Å²) < 4.78 is 5.39. The Kier molecular flexibility index (Phi) is 11.3. The van der Waals surface area contributed by atoms with Crippen molar-refractivity contribution in [3.63, 3.8) is 0 Å². The van der Waals surface area contributed by atoms with Crippen LogP contribution in [-0.4, -0.2) is 49.6 Å². The first kappa shape index (κ1) is 26.0. The standard InChI is InChI=1S/C22H35N3O2.2ClH/c1-4-25(5-2)21(17-7-6-8-20(14-17)27-3)15-23-22(26)13-16-11-18-9-10-19(12-16)24-18;;/h6-8,14,16,18-19,21,24H,4-5,9-13,15H2,1-3H3,(H,23,26);2*1H. The molecule has 0 radical (unpaired) electrons. The molecule has 1 aromatic carbocycles. The molecule has 2 aliphatic rings. The van der Waals surface area contributed by atoms with Gasteiger partial charge >= 0.3 is 0 Å². The van der Waals surface area contributed by atoms with Gasteiger partial charge < -0.3 is 15.4 Å². The monoisotopic (exact) mass is 445 g/mol. The number of rotatable bonds is 9. The number of nitrogens with one attached hydrogen (secondary N) is 2. The molecule has 3 atom stereocenters. The van der Waals surface area contributed by atoms with Crippen molar-refractivity contribution in [3.05, 3.63) is 29.8 Å². The van der Waals surface area contributed by atoms with Crippen molar-refractivity contribution < 1.29 is 9.53 Å². The summed E-state index contributed by atoms with van der Waals surface area (Å²) in [4.78, 5) is 15.0. The van der Waals surface area contributed by atoms with Gasteiger partial charge in [-0.2, -0.15) is 0 Å². The normalized spacial score (nSPS) is 23.7. The van der Waals surface area contributed by atoms with E-state index in [0.29, 0.717) is 31.0 Å². The van der Waals surface area contributed by atoms with Crippen LogP contribution in [0.1, 0.15) is 57.6 Å². The Morgan fingerprint density at radius 2 is 1.86 bits per heavy atom. The molecule has 2 N–H and O–H groups in total. The summed E-state index contributed by atoms with van der Waals surface area (Å²) in [5.74, 6) is 1.59. The van der Waals surface area contributed by atoms with Crippen molar-refractivity contribution in [3.8, 4) is 5.75 Å². The summed E-state index contributed by atoms with van der Waals surface area (Å²) in [5.41, 5.74) is 1.19. The quantitative estimate of drug-likeness (QED) is 0.603. The lowest BCUT2D eigenvalue weighted by Crippen LogP contribution is -2.41. The fraction of sp³-hybridized carbons (Fsp3) is 0.682. The van der Waals surface area contributed by atoms with Crippen LogP contribution in [0.5, 0.6) is 5.75 Å². The molecule has 2 heterocycles. The summed E-state index contributed by atoms with van der Waals surface area (Å²) in [7, 11) is 1.69. The van der Waals surface area contributed by atoms with Gasteiger partial charge in [-0.05, 0) is 62.4 Å². The predicted molar refractivity (Wildman–Crippen MR) is 123 cm³/mol. The molecule has 2 bridgehead atoms. The Balaban J connectivity index is 0.00000210. The SMILES string of the molecule is CCN(CC)C(CNC(=O)CC1CC2CCC(C1)N2)c1cccc(OC)c1.Cl.Cl. The first-order valence-electron chi connectivity index (χ1n) is 10.5. The number of hydrogen-bond donors (Lipinski definition) is 2. The summed E-state index contributed by atoms with van der Waals surface area (Å²) >= 11 is 0. The van der Waals surface area contributed by atoms with Gasteiger partial charge in [0, 0.05) is 25.0 Å². The molecule has 3 rings (SSSR count). The highest BCUT2D eigenvalue weighted by molar-refractivity contribution is 5.85. The van der Waals surface area contributed by atoms with Crippen molar-refractivity contribution in [1.82, 2.24) is 15.5 Å². The van der Waals surface area contributed by atoms with E-state index in [9.17, 15) is 4.79 Å². The van der Waals surface area contributed by atoms with E-state index in [1.54, 1.807) is 7.11 Å². The summed E-state index contributed by atoms with van der Waals surface area (Å²) in [6, 6.07) is 9.65. The molecule has 1 amide bonds. The van der Waals surface area contributed by atoms with E-state index in [0.717, 1.165) is 31.7 Å². The number of hydrogen-bond acceptors (Lipinski definition) is 4. The zero-order valence-electron chi connectivity index (χ0n) is 17.9. The highest BCUT2D eigenvalue weighted by Crippen LogP contribution is 2.32. The average molecular weight is 446 g/mol. The molecule has 5 nitrogen and oxygen atoms in total. The molecular weight excluding hydrogens is 409 g/mol. The molecule has 2 fully saturated rings. The van der Waals surface area contributed by atoms with Crippen LogP contribution < -0.4 is 15.4 Å². The molecule has 29 heavy (non-hydrogen) atoms. The number of ether oxygens (including phenoxy) is 1. The molecule has 0 spiro atoms. The first-order valence-corrected chi connectivity index (χ1v) is 10.5. The topological polar surface area (TPSA) is 53.6 Å². The van der Waals surface area contributed by atoms with Crippen LogP contribution in [-0.2, 0) is 4.79 Å². The predicted octanol–water partition coefficient (Wildman–Crippen LogP) is 3.96. The maximum absolute atomic E-state index is 12.6. The number of fused-ring (bicyclic) bond motifs is 2. The Hall–Kier alpha value is -1.01. The number of methoxy groups -OCH3 is 1. The Morgan fingerprint density at radius 1 is 1.21 bits per heavy atom. The van der Waals surface area contributed by atoms with E-state index < -0.39 is 0 Å². The van der Waals surface area contributed by atoms with Crippen LogP contribution >= 0.6 is 24.8 Å². The average Bonchev–Trinajstić information content (AvgIpc) is 3.03. The molecule has 2 saturated heterocycles. The fourth-order valence-corrected chi connectivity index (χ4v) is 4.86. The number of carbonyl (C=O) groups is 1. The fourth-order valence-electron chi connectivity index (χ4n) is 4.86. The highest BCUT2D eigenvalue weighted by Gasteiger charge is 2.34. The third-order valence-corrected chi connectivity index (χ3v) is 6.27. The molecule has 0 aromatic heterocycles. The number of benzene rings is 1. The van der Waals surface area contributed by atoms with Gasteiger partial charge in [0.2, 0.25) is 5.91 Å². The van der Waals surface area contributed by atoms with Gasteiger partial charge in [-0.25, -0.2) is 0 Å². The van der Waals surface area contributed by atoms with E-state index in [1.165, 1.54) is 18.4 Å². The van der Waals surface area contributed by atoms with Gasteiger partial charge in [-0.3, -0.25) is 9.69 Å². The zero-order chi connectivity index (χ0) is 19.2. The lowest BCUT2D eigenvalue weighted by molar-refractivity contribution is -0.122. The third kappa shape index (κ3) is 7.02. The third-order valence-electron chi connectivity index (χ3n) is 6.27. The Bertz CT molecular complexity index is 616. The van der Waals surface area contributed by atoms with Gasteiger partial charge in [0.1, 0.15) is 5.75 Å². The Morgan fingerprint density at radius 3 is 2.45 bits per heavy atom. The van der Waals surface area contributed by atoms with Gasteiger partial charge in [0.15, 0.2) is 0 Å². The zero-order valence-corrected chi connectivity index (χ0v) is 19.5. The van der Waals surface area contributed by atoms with Gasteiger partial charge in [0.25, 0.3) is 0 Å². The van der Waals surface area contributed by atoms with E-state index in [4.69, 9.17) is 4.74 Å². The van der Waals surface area contributed by atoms with E-state index in [-0.39, 0.29) is 36.8 Å². The van der Waals surface area contributed by atoms with Crippen LogP contribution in [0.15, 0.2) is 24.3 Å². The van der Waals surface area contributed by atoms with E-state index in [1.807, 2.05) is 12.1 Å². The molecule has 2 aliphatic heterocycles. The minimum atomic E-state index is 0. The smallest absolute Gasteiger partial charge is 0.220 e. The summed E-state index contributed by atoms with van der Waals surface area (Å²) in [5, 5.41) is 6.88. The van der Waals surface area contributed by atoms with Crippen LogP contribution in [0.25, 0.3) is 0 Å². The molecule has 3 unspecified atom stereocenters. The number of likely N-dealkylation sites (N-methyl/N-ethyl adjacent to an activating group) is 1. The second-order valence-corrected chi connectivity index (χ2v) is 8.00. The van der Waals surface area contributed by atoms with E-state index in [2.05, 4.69) is 41.5 Å². The maximum atomic E-state index is 12.6. The first-order chi connectivity index (χ1) is 13.1. The van der Waals surface area contributed by atoms with Crippen LogP contribution in [0.2, 0.25) is 0 Å². The van der Waals surface area contributed by atoms with E-state index >= 15 is 0 Å². The van der Waals surface area contributed by atoms with Crippen molar-refractivity contribution >= 4 is 30.7 Å². The molecular formula is C22H37Cl2N3O2. The Labute approximate surface area is 188 Å². The van der Waals surface area contributed by atoms with Crippen molar-refractivity contribution in [2.45, 2.75) is 64.1 Å². The van der Waals surface area contributed by atoms with Crippen molar-refractivity contribution in [1.29, 1.82) is 0 Å². The number of carbonyl (C=O) groups excluding carboxylic acids is 1. The van der Waals surface area contributed by atoms with Crippen LogP contribution in [0.4, 0.5) is 0 Å². The second kappa shape index (κ2) is 12.6. The number of nitrogens with zero attached hydrogens (tertiary/aromatic N) is 1.